The van der Waals surface area contributed by atoms with Gasteiger partial charge in [0.05, 0.1) is 19.7 Å². The minimum atomic E-state index is -0.485. The van der Waals surface area contributed by atoms with Crippen LogP contribution in [0, 0.1) is 5.82 Å². The van der Waals surface area contributed by atoms with Crippen LogP contribution in [0.3, 0.4) is 0 Å². The molecule has 2 amide bonds. The largest absolute Gasteiger partial charge is 0.370 e. The summed E-state index contributed by atoms with van der Waals surface area (Å²) in [5.74, 6) is -1.13. The number of ether oxygens (including phenoxy) is 1. The average Bonchev–Trinajstić information content (AvgIpc) is 3.14. The SMILES string of the molecule is O=C(NCC(=O)N1CCOC(c2ccsc2)C1)c1cccc(F)c1. The van der Waals surface area contributed by atoms with Gasteiger partial charge < -0.3 is 15.0 Å². The molecule has 2 heterocycles. The van der Waals surface area contributed by atoms with Crippen molar-refractivity contribution in [2.45, 2.75) is 6.10 Å². The van der Waals surface area contributed by atoms with Crippen molar-refractivity contribution in [3.8, 4) is 0 Å². The molecule has 1 aliphatic heterocycles. The van der Waals surface area contributed by atoms with E-state index in [1.54, 1.807) is 16.2 Å². The normalized spacial score (nSPS) is 17.5. The Morgan fingerprint density at radius 3 is 3.00 bits per heavy atom. The van der Waals surface area contributed by atoms with Crippen molar-refractivity contribution < 1.29 is 18.7 Å². The Morgan fingerprint density at radius 2 is 2.25 bits per heavy atom. The van der Waals surface area contributed by atoms with Crippen LogP contribution in [0.1, 0.15) is 22.0 Å². The molecule has 0 radical (unpaired) electrons. The summed E-state index contributed by atoms with van der Waals surface area (Å²) >= 11 is 1.58. The summed E-state index contributed by atoms with van der Waals surface area (Å²) in [6, 6.07) is 7.35. The molecule has 1 saturated heterocycles. The Hall–Kier alpha value is -2.25. The number of morpholine rings is 1. The molecule has 0 aliphatic carbocycles. The zero-order valence-corrected chi connectivity index (χ0v) is 13.7. The van der Waals surface area contributed by atoms with Gasteiger partial charge in [-0.25, -0.2) is 4.39 Å². The number of carbonyl (C=O) groups is 2. The van der Waals surface area contributed by atoms with E-state index < -0.39 is 11.7 Å². The second kappa shape index (κ2) is 7.55. The predicted octanol–water partition coefficient (Wildman–Crippen LogP) is 2.22. The van der Waals surface area contributed by atoms with Gasteiger partial charge in [-0.1, -0.05) is 6.07 Å². The number of carbonyl (C=O) groups excluding carboxylic acids is 2. The van der Waals surface area contributed by atoms with Crippen LogP contribution in [-0.2, 0) is 9.53 Å². The van der Waals surface area contributed by atoms with Gasteiger partial charge in [0.25, 0.3) is 5.91 Å². The van der Waals surface area contributed by atoms with Crippen molar-refractivity contribution in [1.29, 1.82) is 0 Å². The number of hydrogen-bond acceptors (Lipinski definition) is 4. The highest BCUT2D eigenvalue weighted by Gasteiger charge is 2.25. The van der Waals surface area contributed by atoms with Gasteiger partial charge in [0.1, 0.15) is 11.9 Å². The van der Waals surface area contributed by atoms with Gasteiger partial charge in [0.2, 0.25) is 5.91 Å². The van der Waals surface area contributed by atoms with Crippen LogP contribution < -0.4 is 5.32 Å². The van der Waals surface area contributed by atoms with Gasteiger partial charge in [-0.2, -0.15) is 11.3 Å². The van der Waals surface area contributed by atoms with E-state index in [0.717, 1.165) is 11.6 Å². The Bertz CT molecular complexity index is 720. The summed E-state index contributed by atoms with van der Waals surface area (Å²) in [4.78, 5) is 25.9. The first-order valence-electron chi connectivity index (χ1n) is 7.59. The summed E-state index contributed by atoms with van der Waals surface area (Å²) < 4.78 is 18.8. The minimum absolute atomic E-state index is 0.119. The van der Waals surface area contributed by atoms with Crippen molar-refractivity contribution in [1.82, 2.24) is 10.2 Å². The van der Waals surface area contributed by atoms with Crippen LogP contribution >= 0.6 is 11.3 Å². The molecule has 1 aliphatic rings. The highest BCUT2D eigenvalue weighted by molar-refractivity contribution is 7.07. The molecule has 0 bridgehead atoms. The first-order valence-corrected chi connectivity index (χ1v) is 8.53. The van der Waals surface area contributed by atoms with E-state index in [1.807, 2.05) is 16.8 Å². The van der Waals surface area contributed by atoms with E-state index in [-0.39, 0.29) is 24.1 Å². The summed E-state index contributed by atoms with van der Waals surface area (Å²) in [7, 11) is 0. The molecule has 2 aromatic rings. The third kappa shape index (κ3) is 3.98. The Balaban J connectivity index is 1.54. The number of rotatable bonds is 4. The summed E-state index contributed by atoms with van der Waals surface area (Å²) in [6.07, 6.45) is -0.132. The zero-order valence-electron chi connectivity index (χ0n) is 12.9. The fourth-order valence-electron chi connectivity index (χ4n) is 2.54. The molecule has 1 unspecified atom stereocenters. The topological polar surface area (TPSA) is 58.6 Å². The Morgan fingerprint density at radius 1 is 1.38 bits per heavy atom. The van der Waals surface area contributed by atoms with Crippen LogP contribution in [0.2, 0.25) is 0 Å². The number of halogens is 1. The smallest absolute Gasteiger partial charge is 0.251 e. The van der Waals surface area contributed by atoms with Crippen LogP contribution in [0.25, 0.3) is 0 Å². The molecule has 3 rings (SSSR count). The van der Waals surface area contributed by atoms with E-state index in [9.17, 15) is 14.0 Å². The van der Waals surface area contributed by atoms with Gasteiger partial charge in [-0.3, -0.25) is 9.59 Å². The van der Waals surface area contributed by atoms with Crippen molar-refractivity contribution in [2.75, 3.05) is 26.2 Å². The number of nitrogens with zero attached hydrogens (tertiary/aromatic N) is 1. The Kier molecular flexibility index (Phi) is 5.22. The Labute approximate surface area is 143 Å². The lowest BCUT2D eigenvalue weighted by atomic mass is 10.1. The maximum Gasteiger partial charge on any atom is 0.251 e. The predicted molar refractivity (Wildman–Crippen MR) is 88.3 cm³/mol. The number of hydrogen-bond donors (Lipinski definition) is 1. The molecule has 24 heavy (non-hydrogen) atoms. The van der Waals surface area contributed by atoms with Gasteiger partial charge in [-0.15, -0.1) is 0 Å². The lowest BCUT2D eigenvalue weighted by molar-refractivity contribution is -0.137. The van der Waals surface area contributed by atoms with Crippen LogP contribution in [0.5, 0.6) is 0 Å². The molecule has 5 nitrogen and oxygen atoms in total. The summed E-state index contributed by atoms with van der Waals surface area (Å²) in [5, 5.41) is 6.51. The van der Waals surface area contributed by atoms with Crippen LogP contribution in [0.4, 0.5) is 4.39 Å². The highest BCUT2D eigenvalue weighted by atomic mass is 32.1. The molecule has 1 aromatic carbocycles. The monoisotopic (exact) mass is 348 g/mol. The number of nitrogens with one attached hydrogen (secondary N) is 1. The summed E-state index contributed by atoms with van der Waals surface area (Å²) in [5.41, 5.74) is 1.25. The molecule has 0 spiro atoms. The van der Waals surface area contributed by atoms with Gasteiger partial charge in [0.15, 0.2) is 0 Å². The van der Waals surface area contributed by atoms with E-state index in [4.69, 9.17) is 4.74 Å². The number of thiophene rings is 1. The van der Waals surface area contributed by atoms with Crippen molar-refractivity contribution in [2.24, 2.45) is 0 Å². The van der Waals surface area contributed by atoms with Crippen LogP contribution in [-0.4, -0.2) is 43.0 Å². The molecule has 1 atom stereocenters. The molecular formula is C17H17FN2O3S. The van der Waals surface area contributed by atoms with E-state index in [1.165, 1.54) is 18.2 Å². The fraction of sp³-hybridized carbons (Fsp3) is 0.294. The molecule has 1 N–H and O–H groups in total. The second-order valence-electron chi connectivity index (χ2n) is 5.45. The molecule has 7 heteroatoms. The lowest BCUT2D eigenvalue weighted by Gasteiger charge is -2.32. The van der Waals surface area contributed by atoms with E-state index in [0.29, 0.717) is 19.7 Å². The highest BCUT2D eigenvalue weighted by Crippen LogP contribution is 2.24. The quantitative estimate of drug-likeness (QED) is 0.922. The second-order valence-corrected chi connectivity index (χ2v) is 6.23. The lowest BCUT2D eigenvalue weighted by Crippen LogP contribution is -2.46. The van der Waals surface area contributed by atoms with E-state index >= 15 is 0 Å². The standard InChI is InChI=1S/C17H17FN2O3S/c18-14-3-1-2-12(8-14)17(22)19-9-16(21)20-5-6-23-15(10-20)13-4-7-24-11-13/h1-4,7-8,11,15H,5-6,9-10H2,(H,19,22). The molecule has 1 aromatic heterocycles. The van der Waals surface area contributed by atoms with E-state index in [2.05, 4.69) is 5.32 Å². The van der Waals surface area contributed by atoms with Gasteiger partial charge >= 0.3 is 0 Å². The van der Waals surface area contributed by atoms with Gasteiger partial charge in [-0.05, 0) is 40.6 Å². The number of benzene rings is 1. The first kappa shape index (κ1) is 16.6. The fourth-order valence-corrected chi connectivity index (χ4v) is 3.24. The zero-order chi connectivity index (χ0) is 16.9. The molecular weight excluding hydrogens is 331 g/mol. The first-order chi connectivity index (χ1) is 11.6. The third-order valence-electron chi connectivity index (χ3n) is 3.82. The molecule has 1 fully saturated rings. The summed E-state index contributed by atoms with van der Waals surface area (Å²) in [6.45, 7) is 1.30. The third-order valence-corrected chi connectivity index (χ3v) is 4.52. The number of amides is 2. The van der Waals surface area contributed by atoms with Crippen LogP contribution in [0.15, 0.2) is 41.1 Å². The van der Waals surface area contributed by atoms with Crippen molar-refractivity contribution in [3.05, 3.63) is 58.0 Å². The molecule has 126 valence electrons. The van der Waals surface area contributed by atoms with Crippen molar-refractivity contribution >= 4 is 23.2 Å². The maximum absolute atomic E-state index is 13.1. The molecule has 0 saturated carbocycles. The van der Waals surface area contributed by atoms with Crippen molar-refractivity contribution in [3.63, 3.8) is 0 Å². The minimum Gasteiger partial charge on any atom is -0.370 e. The average molecular weight is 348 g/mol. The van der Waals surface area contributed by atoms with Gasteiger partial charge in [0, 0.05) is 12.1 Å². The maximum atomic E-state index is 13.1.